The highest BCUT2D eigenvalue weighted by Gasteiger charge is 2.34. The zero-order valence-corrected chi connectivity index (χ0v) is 19.8. The molecule has 0 radical (unpaired) electrons. The van der Waals surface area contributed by atoms with Crippen molar-refractivity contribution in [3.63, 3.8) is 0 Å². The van der Waals surface area contributed by atoms with E-state index >= 15 is 0 Å². The zero-order chi connectivity index (χ0) is 22.5. The molecule has 1 aliphatic rings. The normalized spacial score (nSPS) is 15.4. The van der Waals surface area contributed by atoms with E-state index in [0.29, 0.717) is 35.4 Å². The Morgan fingerprint density at radius 2 is 2.00 bits per heavy atom. The second kappa shape index (κ2) is 10.1. The molecule has 0 saturated carbocycles. The minimum Gasteiger partial charge on any atom is -0.494 e. The van der Waals surface area contributed by atoms with Gasteiger partial charge in [-0.3, -0.25) is 10.1 Å². The van der Waals surface area contributed by atoms with Crippen LogP contribution in [0.25, 0.3) is 10.6 Å². The first-order chi connectivity index (χ1) is 15.5. The molecule has 1 unspecified atom stereocenters. The average Bonchev–Trinajstić information content (AvgIpc) is 3.45. The molecule has 1 fully saturated rings. The molecule has 10 heteroatoms. The standard InChI is InChI=1S/C22H22BrN5O3S/c1-2-31-17-10-8-16(9-11-17)24-22(30)28-12-4-7-18(28)19(29)25-21-27-26-20(32-21)14-5-3-6-15(23)13-14/h3,5-6,8-11,13,18H,2,4,7,12H2,1H3,(H,24,30)(H,25,27,29). The topological polar surface area (TPSA) is 96.5 Å². The van der Waals surface area contributed by atoms with Crippen LogP contribution in [-0.4, -0.2) is 46.2 Å². The van der Waals surface area contributed by atoms with Crippen LogP contribution in [0.5, 0.6) is 5.75 Å². The number of benzene rings is 2. The molecule has 0 aliphatic carbocycles. The summed E-state index contributed by atoms with van der Waals surface area (Å²) in [5, 5.41) is 15.0. The van der Waals surface area contributed by atoms with Gasteiger partial charge >= 0.3 is 6.03 Å². The molecule has 32 heavy (non-hydrogen) atoms. The molecule has 2 N–H and O–H groups in total. The van der Waals surface area contributed by atoms with Crippen molar-refractivity contribution in [3.8, 4) is 16.3 Å². The van der Waals surface area contributed by atoms with Gasteiger partial charge in [-0.1, -0.05) is 39.4 Å². The van der Waals surface area contributed by atoms with Gasteiger partial charge in [-0.25, -0.2) is 4.79 Å². The summed E-state index contributed by atoms with van der Waals surface area (Å²) >= 11 is 4.74. The summed E-state index contributed by atoms with van der Waals surface area (Å²) in [4.78, 5) is 27.2. The van der Waals surface area contributed by atoms with E-state index in [1.165, 1.54) is 11.3 Å². The van der Waals surface area contributed by atoms with Gasteiger partial charge in [0, 0.05) is 22.3 Å². The molecule has 2 heterocycles. The molecule has 8 nitrogen and oxygen atoms in total. The Morgan fingerprint density at radius 1 is 1.19 bits per heavy atom. The monoisotopic (exact) mass is 515 g/mol. The van der Waals surface area contributed by atoms with E-state index < -0.39 is 6.04 Å². The Bertz CT molecular complexity index is 1100. The van der Waals surface area contributed by atoms with Crippen LogP contribution in [-0.2, 0) is 4.79 Å². The maximum absolute atomic E-state index is 12.9. The van der Waals surface area contributed by atoms with Gasteiger partial charge in [-0.15, -0.1) is 10.2 Å². The van der Waals surface area contributed by atoms with Crippen molar-refractivity contribution in [2.75, 3.05) is 23.8 Å². The highest BCUT2D eigenvalue weighted by Crippen LogP contribution is 2.29. The van der Waals surface area contributed by atoms with Crippen LogP contribution in [0.2, 0.25) is 0 Å². The van der Waals surface area contributed by atoms with Crippen LogP contribution in [0.1, 0.15) is 19.8 Å². The van der Waals surface area contributed by atoms with E-state index in [4.69, 9.17) is 4.74 Å². The number of carbonyl (C=O) groups excluding carboxylic acids is 2. The maximum Gasteiger partial charge on any atom is 0.322 e. The van der Waals surface area contributed by atoms with Gasteiger partial charge in [0.2, 0.25) is 11.0 Å². The third-order valence-corrected chi connectivity index (χ3v) is 6.34. The van der Waals surface area contributed by atoms with Crippen molar-refractivity contribution in [2.24, 2.45) is 0 Å². The number of amides is 3. The van der Waals surface area contributed by atoms with E-state index in [2.05, 4.69) is 36.8 Å². The van der Waals surface area contributed by atoms with Crippen LogP contribution in [0.4, 0.5) is 15.6 Å². The average molecular weight is 516 g/mol. The predicted molar refractivity (Wildman–Crippen MR) is 128 cm³/mol. The van der Waals surface area contributed by atoms with Gasteiger partial charge in [-0.2, -0.15) is 0 Å². The summed E-state index contributed by atoms with van der Waals surface area (Å²) in [6.45, 7) is 3.01. The van der Waals surface area contributed by atoms with Crippen molar-refractivity contribution in [2.45, 2.75) is 25.8 Å². The smallest absolute Gasteiger partial charge is 0.322 e. The number of nitrogens with zero attached hydrogens (tertiary/aromatic N) is 3. The van der Waals surface area contributed by atoms with Gasteiger partial charge in [0.1, 0.15) is 16.8 Å². The van der Waals surface area contributed by atoms with E-state index in [0.717, 1.165) is 22.2 Å². The largest absolute Gasteiger partial charge is 0.494 e. The number of likely N-dealkylation sites (tertiary alicyclic amines) is 1. The molecule has 0 bridgehead atoms. The third kappa shape index (κ3) is 5.25. The number of urea groups is 1. The number of hydrogen-bond donors (Lipinski definition) is 2. The van der Waals surface area contributed by atoms with Crippen LogP contribution in [0.15, 0.2) is 53.0 Å². The first-order valence-electron chi connectivity index (χ1n) is 10.2. The van der Waals surface area contributed by atoms with E-state index in [1.807, 2.05) is 31.2 Å². The minimum atomic E-state index is -0.559. The number of anilines is 2. The van der Waals surface area contributed by atoms with Gasteiger partial charge in [-0.05, 0) is 56.2 Å². The number of halogens is 1. The van der Waals surface area contributed by atoms with Gasteiger partial charge in [0.05, 0.1) is 6.61 Å². The number of aromatic nitrogens is 2. The summed E-state index contributed by atoms with van der Waals surface area (Å²) in [5.74, 6) is 0.476. The summed E-state index contributed by atoms with van der Waals surface area (Å²) in [7, 11) is 0. The first-order valence-corrected chi connectivity index (χ1v) is 11.8. The molecule has 166 valence electrons. The lowest BCUT2D eigenvalue weighted by atomic mass is 10.2. The second-order valence-corrected chi connectivity index (χ2v) is 9.04. The second-order valence-electron chi connectivity index (χ2n) is 7.15. The van der Waals surface area contributed by atoms with Crippen LogP contribution < -0.4 is 15.4 Å². The van der Waals surface area contributed by atoms with Crippen molar-refractivity contribution in [3.05, 3.63) is 53.0 Å². The van der Waals surface area contributed by atoms with Crippen molar-refractivity contribution < 1.29 is 14.3 Å². The Labute approximate surface area is 198 Å². The zero-order valence-electron chi connectivity index (χ0n) is 17.4. The van der Waals surface area contributed by atoms with E-state index in [-0.39, 0.29) is 11.9 Å². The number of carbonyl (C=O) groups is 2. The molecule has 4 rings (SSSR count). The Balaban J connectivity index is 1.38. The molecule has 1 saturated heterocycles. The Morgan fingerprint density at radius 3 is 2.75 bits per heavy atom. The van der Waals surface area contributed by atoms with Gasteiger partial charge in [0.25, 0.3) is 0 Å². The summed E-state index contributed by atoms with van der Waals surface area (Å²) in [6.07, 6.45) is 1.36. The molecule has 1 aliphatic heterocycles. The van der Waals surface area contributed by atoms with Crippen molar-refractivity contribution in [1.82, 2.24) is 15.1 Å². The summed E-state index contributed by atoms with van der Waals surface area (Å²) in [6, 6.07) is 14.0. The van der Waals surface area contributed by atoms with E-state index in [9.17, 15) is 9.59 Å². The van der Waals surface area contributed by atoms with E-state index in [1.54, 1.807) is 29.2 Å². The van der Waals surface area contributed by atoms with Crippen LogP contribution in [0.3, 0.4) is 0 Å². The molecule has 0 spiro atoms. The Kier molecular flexibility index (Phi) is 7.01. The summed E-state index contributed by atoms with van der Waals surface area (Å²) in [5.41, 5.74) is 1.56. The predicted octanol–water partition coefficient (Wildman–Crippen LogP) is 5.00. The van der Waals surface area contributed by atoms with Crippen LogP contribution >= 0.6 is 27.3 Å². The van der Waals surface area contributed by atoms with Crippen LogP contribution in [0, 0.1) is 0 Å². The highest BCUT2D eigenvalue weighted by molar-refractivity contribution is 9.10. The molecule has 2 aromatic carbocycles. The SMILES string of the molecule is CCOc1ccc(NC(=O)N2CCCC2C(=O)Nc2nnc(-c3cccc(Br)c3)s2)cc1. The van der Waals surface area contributed by atoms with Gasteiger partial charge in [0.15, 0.2) is 0 Å². The maximum atomic E-state index is 12.9. The number of rotatable bonds is 6. The van der Waals surface area contributed by atoms with Gasteiger partial charge < -0.3 is 15.0 Å². The molecule has 3 amide bonds. The third-order valence-electron chi connectivity index (χ3n) is 4.96. The van der Waals surface area contributed by atoms with Crippen molar-refractivity contribution in [1.29, 1.82) is 0 Å². The number of nitrogens with one attached hydrogen (secondary N) is 2. The lowest BCUT2D eigenvalue weighted by Crippen LogP contribution is -2.45. The molecular formula is C22H22BrN5O3S. The first kappa shape index (κ1) is 22.2. The Hall–Kier alpha value is -2.98. The fraction of sp³-hybridized carbons (Fsp3) is 0.273. The number of hydrogen-bond acceptors (Lipinski definition) is 6. The fourth-order valence-corrected chi connectivity index (χ4v) is 4.62. The molecule has 3 aromatic rings. The highest BCUT2D eigenvalue weighted by atomic mass is 79.9. The summed E-state index contributed by atoms with van der Waals surface area (Å²) < 4.78 is 6.36. The minimum absolute atomic E-state index is 0.263. The fourth-order valence-electron chi connectivity index (χ4n) is 3.48. The quantitative estimate of drug-likeness (QED) is 0.481. The number of ether oxygens (including phenoxy) is 1. The lowest BCUT2D eigenvalue weighted by Gasteiger charge is -2.23. The molecule has 1 atom stereocenters. The molecule has 1 aromatic heterocycles. The molecular weight excluding hydrogens is 494 g/mol. The van der Waals surface area contributed by atoms with Crippen molar-refractivity contribution >= 4 is 50.0 Å². The lowest BCUT2D eigenvalue weighted by molar-refractivity contribution is -0.119.